The van der Waals surface area contributed by atoms with Gasteiger partial charge in [0.15, 0.2) is 0 Å². The summed E-state index contributed by atoms with van der Waals surface area (Å²) in [5, 5.41) is 0. The Bertz CT molecular complexity index is 1190. The van der Waals surface area contributed by atoms with Crippen LogP contribution in [0, 0.1) is 0 Å². The zero-order valence-corrected chi connectivity index (χ0v) is 17.9. The minimum absolute atomic E-state index is 0.0772. The normalized spacial score (nSPS) is 11.8. The van der Waals surface area contributed by atoms with Gasteiger partial charge in [0.1, 0.15) is 5.75 Å². The van der Waals surface area contributed by atoms with E-state index in [4.69, 9.17) is 4.74 Å². The summed E-state index contributed by atoms with van der Waals surface area (Å²) in [7, 11) is -6.31. The average molecular weight is 482 g/mol. The molecular formula is C19H16BrNO5S2. The van der Waals surface area contributed by atoms with E-state index in [1.807, 2.05) is 0 Å². The van der Waals surface area contributed by atoms with Crippen molar-refractivity contribution < 1.29 is 21.6 Å². The number of nitrogens with one attached hydrogen (secondary N) is 1. The van der Waals surface area contributed by atoms with Crippen molar-refractivity contribution in [3.8, 4) is 5.75 Å². The van der Waals surface area contributed by atoms with Gasteiger partial charge in [0.25, 0.3) is 10.0 Å². The van der Waals surface area contributed by atoms with E-state index >= 15 is 0 Å². The van der Waals surface area contributed by atoms with E-state index in [1.54, 1.807) is 36.4 Å². The van der Waals surface area contributed by atoms with Crippen LogP contribution in [-0.4, -0.2) is 23.9 Å². The van der Waals surface area contributed by atoms with Crippen molar-refractivity contribution in [2.45, 2.75) is 14.7 Å². The number of hydrogen-bond donors (Lipinski definition) is 1. The number of benzene rings is 3. The highest BCUT2D eigenvalue weighted by atomic mass is 79.9. The van der Waals surface area contributed by atoms with Gasteiger partial charge in [-0.3, -0.25) is 4.72 Å². The predicted octanol–water partition coefficient (Wildman–Crippen LogP) is 4.09. The molecule has 0 amide bonds. The molecule has 3 aromatic rings. The monoisotopic (exact) mass is 481 g/mol. The van der Waals surface area contributed by atoms with Crippen LogP contribution < -0.4 is 9.46 Å². The Kier molecular flexibility index (Phi) is 5.78. The Morgan fingerprint density at radius 3 is 2.00 bits per heavy atom. The second-order valence-electron chi connectivity index (χ2n) is 5.77. The summed E-state index contributed by atoms with van der Waals surface area (Å²) in [5.41, 5.74) is 0.335. The van der Waals surface area contributed by atoms with E-state index < -0.39 is 19.9 Å². The third-order valence-corrected chi connectivity index (χ3v) is 7.57. The quantitative estimate of drug-likeness (QED) is 0.572. The molecule has 0 unspecified atom stereocenters. The number of sulfonamides is 1. The van der Waals surface area contributed by atoms with Crippen molar-refractivity contribution in [1.29, 1.82) is 0 Å². The molecule has 0 aliphatic rings. The van der Waals surface area contributed by atoms with Gasteiger partial charge in [-0.15, -0.1) is 0 Å². The van der Waals surface area contributed by atoms with Crippen molar-refractivity contribution in [3.05, 3.63) is 77.3 Å². The van der Waals surface area contributed by atoms with Crippen LogP contribution in [0.4, 0.5) is 5.69 Å². The number of ether oxygens (including phenoxy) is 1. The number of sulfone groups is 1. The Balaban J connectivity index is 1.94. The Morgan fingerprint density at radius 2 is 1.39 bits per heavy atom. The Morgan fingerprint density at radius 1 is 0.786 bits per heavy atom. The van der Waals surface area contributed by atoms with Crippen LogP contribution in [0.2, 0.25) is 0 Å². The summed E-state index contributed by atoms with van der Waals surface area (Å²) < 4.78 is 59.2. The second kappa shape index (κ2) is 7.94. The van der Waals surface area contributed by atoms with Crippen molar-refractivity contribution in [1.82, 2.24) is 0 Å². The lowest BCUT2D eigenvalue weighted by Crippen LogP contribution is -2.13. The van der Waals surface area contributed by atoms with E-state index in [0.717, 1.165) is 10.5 Å². The molecule has 0 bridgehead atoms. The summed E-state index contributed by atoms with van der Waals surface area (Å²) in [6, 6.07) is 17.7. The van der Waals surface area contributed by atoms with E-state index in [0.29, 0.717) is 11.4 Å². The highest BCUT2D eigenvalue weighted by molar-refractivity contribution is 9.10. The van der Waals surface area contributed by atoms with Gasteiger partial charge in [0.05, 0.1) is 21.8 Å². The molecule has 0 aromatic heterocycles. The Hall–Kier alpha value is -2.36. The summed E-state index contributed by atoms with van der Waals surface area (Å²) in [6.07, 6.45) is 0. The van der Waals surface area contributed by atoms with Gasteiger partial charge in [0.2, 0.25) is 9.84 Å². The standard InChI is InChI=1S/C19H16BrNO5S2/c1-26-16-9-7-15(8-10-16)21-28(24,25)19-4-2-3-18(13-19)27(22,23)17-11-5-14(20)6-12-17/h2-13,21H,1H3. The molecule has 28 heavy (non-hydrogen) atoms. The first kappa shape index (κ1) is 20.4. The maximum absolute atomic E-state index is 12.8. The lowest BCUT2D eigenvalue weighted by Gasteiger charge is -2.10. The average Bonchev–Trinajstić information content (AvgIpc) is 2.69. The molecule has 6 nitrogen and oxygen atoms in total. The molecule has 0 radical (unpaired) electrons. The van der Waals surface area contributed by atoms with Crippen LogP contribution in [0.1, 0.15) is 0 Å². The van der Waals surface area contributed by atoms with Gasteiger partial charge < -0.3 is 4.74 Å². The van der Waals surface area contributed by atoms with Crippen molar-refractivity contribution in [3.63, 3.8) is 0 Å². The molecule has 1 N–H and O–H groups in total. The fourth-order valence-electron chi connectivity index (χ4n) is 2.43. The molecule has 0 atom stereocenters. The molecule has 3 aromatic carbocycles. The molecule has 9 heteroatoms. The number of rotatable bonds is 6. The van der Waals surface area contributed by atoms with Crippen LogP contribution >= 0.6 is 15.9 Å². The predicted molar refractivity (Wildman–Crippen MR) is 110 cm³/mol. The number of methoxy groups -OCH3 is 1. The first-order chi connectivity index (χ1) is 13.2. The van der Waals surface area contributed by atoms with E-state index in [2.05, 4.69) is 20.7 Å². The number of hydrogen-bond acceptors (Lipinski definition) is 5. The first-order valence-electron chi connectivity index (χ1n) is 8.00. The molecule has 3 rings (SSSR count). The lowest BCUT2D eigenvalue weighted by atomic mass is 10.3. The third kappa shape index (κ3) is 4.37. The van der Waals surface area contributed by atoms with Gasteiger partial charge in [-0.05, 0) is 66.7 Å². The smallest absolute Gasteiger partial charge is 0.261 e. The molecule has 0 heterocycles. The molecule has 0 aliphatic heterocycles. The van der Waals surface area contributed by atoms with Crippen LogP contribution in [-0.2, 0) is 19.9 Å². The molecule has 0 fully saturated rings. The topological polar surface area (TPSA) is 89.5 Å². The summed E-state index contributed by atoms with van der Waals surface area (Å²) >= 11 is 3.26. The largest absolute Gasteiger partial charge is 0.497 e. The van der Waals surface area contributed by atoms with Crippen molar-refractivity contribution in [2.75, 3.05) is 11.8 Å². The van der Waals surface area contributed by atoms with Crippen LogP contribution in [0.15, 0.2) is 92.0 Å². The van der Waals surface area contributed by atoms with Gasteiger partial charge in [0, 0.05) is 10.2 Å². The SMILES string of the molecule is COc1ccc(NS(=O)(=O)c2cccc(S(=O)(=O)c3ccc(Br)cc3)c2)cc1. The van der Waals surface area contributed by atoms with E-state index in [1.165, 1.54) is 37.4 Å². The van der Waals surface area contributed by atoms with Crippen LogP contribution in [0.25, 0.3) is 0 Å². The molecular weight excluding hydrogens is 466 g/mol. The van der Waals surface area contributed by atoms with Gasteiger partial charge in [-0.1, -0.05) is 22.0 Å². The third-order valence-electron chi connectivity index (χ3n) is 3.89. The summed E-state index contributed by atoms with van der Waals surface area (Å²) in [5.74, 6) is 0.588. The fraction of sp³-hybridized carbons (Fsp3) is 0.0526. The number of halogens is 1. The van der Waals surface area contributed by atoms with Crippen molar-refractivity contribution in [2.24, 2.45) is 0 Å². The summed E-state index contributed by atoms with van der Waals surface area (Å²) in [4.78, 5) is -0.178. The zero-order valence-electron chi connectivity index (χ0n) is 14.7. The molecule has 0 spiro atoms. The van der Waals surface area contributed by atoms with E-state index in [-0.39, 0.29) is 14.7 Å². The first-order valence-corrected chi connectivity index (χ1v) is 11.8. The lowest BCUT2D eigenvalue weighted by molar-refractivity contribution is 0.415. The second-order valence-corrected chi connectivity index (χ2v) is 10.3. The summed E-state index contributed by atoms with van der Waals surface area (Å²) in [6.45, 7) is 0. The number of anilines is 1. The van der Waals surface area contributed by atoms with Gasteiger partial charge >= 0.3 is 0 Å². The maximum atomic E-state index is 12.8. The minimum Gasteiger partial charge on any atom is -0.497 e. The van der Waals surface area contributed by atoms with Gasteiger partial charge in [-0.2, -0.15) is 0 Å². The van der Waals surface area contributed by atoms with Crippen LogP contribution in [0.5, 0.6) is 5.75 Å². The highest BCUT2D eigenvalue weighted by Crippen LogP contribution is 2.26. The molecule has 0 saturated carbocycles. The highest BCUT2D eigenvalue weighted by Gasteiger charge is 2.21. The maximum Gasteiger partial charge on any atom is 0.261 e. The fourth-order valence-corrected chi connectivity index (χ4v) is 5.18. The Labute approximate surface area is 172 Å². The molecule has 0 aliphatic carbocycles. The molecule has 0 saturated heterocycles. The molecule has 146 valence electrons. The van der Waals surface area contributed by atoms with Gasteiger partial charge in [-0.25, -0.2) is 16.8 Å². The van der Waals surface area contributed by atoms with E-state index in [9.17, 15) is 16.8 Å². The zero-order chi connectivity index (χ0) is 20.4. The van der Waals surface area contributed by atoms with Crippen molar-refractivity contribution >= 4 is 41.5 Å². The van der Waals surface area contributed by atoms with Crippen LogP contribution in [0.3, 0.4) is 0 Å². The minimum atomic E-state index is -3.97.